The van der Waals surface area contributed by atoms with Crippen LogP contribution in [0.25, 0.3) is 0 Å². The fourth-order valence-corrected chi connectivity index (χ4v) is 2.08. The third-order valence-electron chi connectivity index (χ3n) is 2.22. The minimum atomic E-state index is -0.260. The maximum absolute atomic E-state index is 6.01. The number of hydrogen-bond acceptors (Lipinski definition) is 3. The summed E-state index contributed by atoms with van der Waals surface area (Å²) in [6.07, 6.45) is 0.750. The molecular formula is C11H14BrNO2. The normalized spacial score (nSPS) is 14.4. The predicted molar refractivity (Wildman–Crippen MR) is 62.2 cm³/mol. The summed E-state index contributed by atoms with van der Waals surface area (Å²) in [5.74, 6) is 1.63. The summed E-state index contributed by atoms with van der Waals surface area (Å²) in [5, 5.41) is 0. The van der Waals surface area contributed by atoms with Crippen LogP contribution in [0.15, 0.2) is 16.6 Å². The van der Waals surface area contributed by atoms with Crippen LogP contribution < -0.4 is 15.2 Å². The average Bonchev–Trinajstić information content (AvgIpc) is 2.56. The lowest BCUT2D eigenvalue weighted by molar-refractivity contribution is 0.173. The zero-order chi connectivity index (χ0) is 11.1. The van der Waals surface area contributed by atoms with Gasteiger partial charge in [0.1, 0.15) is 0 Å². The van der Waals surface area contributed by atoms with E-state index < -0.39 is 0 Å². The van der Waals surface area contributed by atoms with Crippen molar-refractivity contribution in [1.29, 1.82) is 0 Å². The van der Waals surface area contributed by atoms with E-state index in [0.29, 0.717) is 6.79 Å². The highest BCUT2D eigenvalue weighted by Gasteiger charge is 2.23. The molecule has 15 heavy (non-hydrogen) atoms. The molecular weight excluding hydrogens is 258 g/mol. The van der Waals surface area contributed by atoms with E-state index in [0.717, 1.165) is 28.0 Å². The molecule has 0 atom stereocenters. The Kier molecular flexibility index (Phi) is 2.64. The summed E-state index contributed by atoms with van der Waals surface area (Å²) < 4.78 is 11.8. The van der Waals surface area contributed by atoms with Gasteiger partial charge in [-0.05, 0) is 32.4 Å². The molecule has 0 spiro atoms. The van der Waals surface area contributed by atoms with Crippen molar-refractivity contribution in [3.63, 3.8) is 0 Å². The first-order chi connectivity index (χ1) is 6.97. The number of halogens is 1. The van der Waals surface area contributed by atoms with Gasteiger partial charge in [0, 0.05) is 15.6 Å². The Hall–Kier alpha value is -0.740. The van der Waals surface area contributed by atoms with Gasteiger partial charge in [0.05, 0.1) is 0 Å². The van der Waals surface area contributed by atoms with Crippen molar-refractivity contribution >= 4 is 15.9 Å². The molecule has 1 aliphatic heterocycles. The number of fused-ring (bicyclic) bond motifs is 1. The highest BCUT2D eigenvalue weighted by molar-refractivity contribution is 9.10. The Bertz CT molecular complexity index is 385. The van der Waals surface area contributed by atoms with E-state index in [1.54, 1.807) is 0 Å². The molecule has 1 aromatic carbocycles. The monoisotopic (exact) mass is 271 g/mol. The van der Waals surface area contributed by atoms with Crippen LogP contribution >= 0.6 is 15.9 Å². The second-order valence-corrected chi connectivity index (χ2v) is 5.28. The molecule has 0 unspecified atom stereocenters. The van der Waals surface area contributed by atoms with Crippen LogP contribution in [0.5, 0.6) is 11.5 Å². The molecule has 0 radical (unpaired) electrons. The molecule has 82 valence electrons. The lowest BCUT2D eigenvalue weighted by Gasteiger charge is -2.20. The highest BCUT2D eigenvalue weighted by atomic mass is 79.9. The fraction of sp³-hybridized carbons (Fsp3) is 0.455. The molecule has 0 aromatic heterocycles. The van der Waals surface area contributed by atoms with E-state index in [4.69, 9.17) is 15.2 Å². The minimum Gasteiger partial charge on any atom is -0.454 e. The number of benzene rings is 1. The lowest BCUT2D eigenvalue weighted by atomic mass is 9.95. The summed E-state index contributed by atoms with van der Waals surface area (Å²) in [7, 11) is 0. The Morgan fingerprint density at radius 2 is 2.13 bits per heavy atom. The van der Waals surface area contributed by atoms with E-state index in [9.17, 15) is 0 Å². The van der Waals surface area contributed by atoms with Crippen LogP contribution in [0, 0.1) is 0 Å². The lowest BCUT2D eigenvalue weighted by Crippen LogP contribution is -2.34. The molecule has 0 saturated carbocycles. The van der Waals surface area contributed by atoms with E-state index in [-0.39, 0.29) is 5.54 Å². The molecule has 0 amide bonds. The Labute approximate surface area is 97.7 Å². The highest BCUT2D eigenvalue weighted by Crippen LogP contribution is 2.40. The molecule has 3 nitrogen and oxygen atoms in total. The third-order valence-corrected chi connectivity index (χ3v) is 2.96. The zero-order valence-electron chi connectivity index (χ0n) is 8.84. The van der Waals surface area contributed by atoms with Crippen molar-refractivity contribution in [2.75, 3.05) is 6.79 Å². The van der Waals surface area contributed by atoms with Crippen molar-refractivity contribution in [3.05, 3.63) is 22.2 Å². The Balaban J connectivity index is 2.41. The molecule has 1 aromatic rings. The van der Waals surface area contributed by atoms with Crippen LogP contribution in [0.4, 0.5) is 0 Å². The minimum absolute atomic E-state index is 0.260. The van der Waals surface area contributed by atoms with Crippen LogP contribution in [-0.2, 0) is 6.42 Å². The van der Waals surface area contributed by atoms with Crippen LogP contribution in [0.3, 0.4) is 0 Å². The van der Waals surface area contributed by atoms with Gasteiger partial charge in [0.25, 0.3) is 0 Å². The van der Waals surface area contributed by atoms with Gasteiger partial charge in [-0.3, -0.25) is 0 Å². The molecule has 0 saturated heterocycles. The average molecular weight is 272 g/mol. The van der Waals surface area contributed by atoms with Crippen LogP contribution in [0.2, 0.25) is 0 Å². The number of nitrogens with two attached hydrogens (primary N) is 1. The second kappa shape index (κ2) is 3.68. The van der Waals surface area contributed by atoms with Crippen molar-refractivity contribution < 1.29 is 9.47 Å². The summed E-state index contributed by atoms with van der Waals surface area (Å²) in [6, 6.07) is 3.87. The van der Waals surface area contributed by atoms with Gasteiger partial charge < -0.3 is 15.2 Å². The quantitative estimate of drug-likeness (QED) is 0.899. The van der Waals surface area contributed by atoms with Gasteiger partial charge in [-0.1, -0.05) is 15.9 Å². The predicted octanol–water partition coefficient (Wildman–Crippen LogP) is 2.46. The van der Waals surface area contributed by atoms with Gasteiger partial charge in [-0.2, -0.15) is 0 Å². The summed E-state index contributed by atoms with van der Waals surface area (Å²) in [5.41, 5.74) is 6.83. The first kappa shape index (κ1) is 10.8. The summed E-state index contributed by atoms with van der Waals surface area (Å²) >= 11 is 3.51. The third kappa shape index (κ3) is 2.26. The summed E-state index contributed by atoms with van der Waals surface area (Å²) in [6.45, 7) is 4.28. The topological polar surface area (TPSA) is 44.5 Å². The zero-order valence-corrected chi connectivity index (χ0v) is 10.4. The maximum atomic E-state index is 6.01. The summed E-state index contributed by atoms with van der Waals surface area (Å²) in [4.78, 5) is 0. The molecule has 1 heterocycles. The maximum Gasteiger partial charge on any atom is 0.231 e. The number of hydrogen-bond donors (Lipinski definition) is 1. The smallest absolute Gasteiger partial charge is 0.231 e. The molecule has 0 aliphatic carbocycles. The van der Waals surface area contributed by atoms with Gasteiger partial charge in [0.15, 0.2) is 11.5 Å². The molecule has 0 bridgehead atoms. The van der Waals surface area contributed by atoms with Crippen LogP contribution in [-0.4, -0.2) is 12.3 Å². The Morgan fingerprint density at radius 1 is 1.40 bits per heavy atom. The molecule has 4 heteroatoms. The van der Waals surface area contributed by atoms with Gasteiger partial charge in [-0.15, -0.1) is 0 Å². The number of rotatable bonds is 2. The van der Waals surface area contributed by atoms with E-state index in [1.807, 2.05) is 26.0 Å². The first-order valence-corrected chi connectivity index (χ1v) is 5.62. The van der Waals surface area contributed by atoms with Crippen molar-refractivity contribution in [2.24, 2.45) is 5.73 Å². The van der Waals surface area contributed by atoms with Crippen molar-refractivity contribution in [3.8, 4) is 11.5 Å². The fourth-order valence-electron chi connectivity index (χ4n) is 1.63. The largest absolute Gasteiger partial charge is 0.454 e. The van der Waals surface area contributed by atoms with E-state index >= 15 is 0 Å². The van der Waals surface area contributed by atoms with Gasteiger partial charge >= 0.3 is 0 Å². The molecule has 0 fully saturated rings. The number of ether oxygens (including phenoxy) is 2. The second-order valence-electron chi connectivity index (χ2n) is 4.43. The van der Waals surface area contributed by atoms with Crippen molar-refractivity contribution in [1.82, 2.24) is 0 Å². The van der Waals surface area contributed by atoms with E-state index in [1.165, 1.54) is 0 Å². The molecule has 2 rings (SSSR count). The SMILES string of the molecule is CC(C)(N)Cc1c(Br)ccc2c1OCO2. The molecule has 2 N–H and O–H groups in total. The standard InChI is InChI=1S/C11H14BrNO2/c1-11(2,13)5-7-8(12)3-4-9-10(7)15-6-14-9/h3-4H,5-6,13H2,1-2H3. The van der Waals surface area contributed by atoms with Gasteiger partial charge in [0.2, 0.25) is 6.79 Å². The van der Waals surface area contributed by atoms with Crippen molar-refractivity contribution in [2.45, 2.75) is 25.8 Å². The first-order valence-electron chi connectivity index (χ1n) is 4.83. The van der Waals surface area contributed by atoms with E-state index in [2.05, 4.69) is 15.9 Å². The Morgan fingerprint density at radius 3 is 2.80 bits per heavy atom. The van der Waals surface area contributed by atoms with Gasteiger partial charge in [-0.25, -0.2) is 0 Å². The molecule has 1 aliphatic rings. The van der Waals surface area contributed by atoms with Crippen LogP contribution in [0.1, 0.15) is 19.4 Å².